The zero-order chi connectivity index (χ0) is 23.5. The Hall–Kier alpha value is -2.30. The molecular formula is C24H15BrI2N4O2. The van der Waals surface area contributed by atoms with Gasteiger partial charge in [0.25, 0.3) is 5.56 Å². The van der Waals surface area contributed by atoms with Crippen LogP contribution in [-0.4, -0.2) is 15.9 Å². The van der Waals surface area contributed by atoms with Crippen molar-refractivity contribution in [1.29, 1.82) is 5.26 Å². The van der Waals surface area contributed by atoms with Gasteiger partial charge in [0, 0.05) is 10.0 Å². The second-order valence-electron chi connectivity index (χ2n) is 7.05. The number of nitrogens with zero attached hydrogens (tertiary/aromatic N) is 4. The van der Waals surface area contributed by atoms with Crippen LogP contribution < -0.4 is 10.3 Å². The number of hydrogen-bond donors (Lipinski definition) is 0. The van der Waals surface area contributed by atoms with E-state index in [2.05, 4.69) is 77.3 Å². The van der Waals surface area contributed by atoms with Crippen molar-refractivity contribution in [1.82, 2.24) is 9.66 Å². The van der Waals surface area contributed by atoms with Gasteiger partial charge in [-0.1, -0.05) is 34.1 Å². The van der Waals surface area contributed by atoms with E-state index in [0.29, 0.717) is 28.9 Å². The SMILES string of the molecule is Cc1nc2ccc(Br)cc2c(=O)n1N=Cc1cc(I)c(OCc2ccccc2C#N)c(I)c1. The molecule has 4 rings (SSSR count). The normalized spacial score (nSPS) is 11.1. The first kappa shape index (κ1) is 23.8. The molecule has 0 saturated heterocycles. The Kier molecular flexibility index (Phi) is 7.45. The van der Waals surface area contributed by atoms with E-state index in [1.807, 2.05) is 36.4 Å². The maximum absolute atomic E-state index is 12.9. The lowest BCUT2D eigenvalue weighted by Crippen LogP contribution is -2.20. The third kappa shape index (κ3) is 5.28. The summed E-state index contributed by atoms with van der Waals surface area (Å²) in [6.07, 6.45) is 1.64. The molecule has 1 aromatic heterocycles. The van der Waals surface area contributed by atoms with Crippen LogP contribution in [-0.2, 0) is 6.61 Å². The minimum absolute atomic E-state index is 0.226. The van der Waals surface area contributed by atoms with Crippen molar-refractivity contribution in [3.05, 3.63) is 99.1 Å². The van der Waals surface area contributed by atoms with Crippen molar-refractivity contribution in [2.45, 2.75) is 13.5 Å². The summed E-state index contributed by atoms with van der Waals surface area (Å²) in [7, 11) is 0. The molecule has 0 aliphatic heterocycles. The number of benzene rings is 3. The predicted molar refractivity (Wildman–Crippen MR) is 149 cm³/mol. The Morgan fingerprint density at radius 1 is 1.18 bits per heavy atom. The second kappa shape index (κ2) is 10.3. The molecule has 9 heteroatoms. The molecule has 0 N–H and O–H groups in total. The van der Waals surface area contributed by atoms with Gasteiger partial charge in [-0.15, -0.1) is 0 Å². The average Bonchev–Trinajstić information content (AvgIpc) is 2.79. The quantitative estimate of drug-likeness (QED) is 0.187. The zero-order valence-corrected chi connectivity index (χ0v) is 23.1. The lowest BCUT2D eigenvalue weighted by molar-refractivity contribution is 0.301. The summed E-state index contributed by atoms with van der Waals surface area (Å²) >= 11 is 7.83. The largest absolute Gasteiger partial charge is 0.487 e. The summed E-state index contributed by atoms with van der Waals surface area (Å²) < 4.78 is 9.95. The Labute approximate surface area is 225 Å². The summed E-state index contributed by atoms with van der Waals surface area (Å²) in [5.41, 5.74) is 2.67. The van der Waals surface area contributed by atoms with Gasteiger partial charge < -0.3 is 4.74 Å². The average molecular weight is 725 g/mol. The Balaban J connectivity index is 1.61. The molecule has 0 fully saturated rings. The fourth-order valence-corrected chi connectivity index (χ4v) is 5.71. The summed E-state index contributed by atoms with van der Waals surface area (Å²) in [6.45, 7) is 2.06. The van der Waals surface area contributed by atoms with Crippen molar-refractivity contribution >= 4 is 78.2 Å². The highest BCUT2D eigenvalue weighted by atomic mass is 127. The first-order valence-corrected chi connectivity index (χ1v) is 12.7. The number of ether oxygens (including phenoxy) is 1. The molecule has 0 radical (unpaired) electrons. The molecule has 6 nitrogen and oxygen atoms in total. The summed E-state index contributed by atoms with van der Waals surface area (Å²) in [5, 5.41) is 14.2. The van der Waals surface area contributed by atoms with Gasteiger partial charge in [-0.2, -0.15) is 15.0 Å². The van der Waals surface area contributed by atoms with E-state index in [4.69, 9.17) is 4.74 Å². The van der Waals surface area contributed by atoms with E-state index < -0.39 is 0 Å². The van der Waals surface area contributed by atoms with E-state index in [9.17, 15) is 10.1 Å². The van der Waals surface area contributed by atoms with Crippen molar-refractivity contribution < 1.29 is 4.74 Å². The van der Waals surface area contributed by atoms with Crippen molar-refractivity contribution in [2.75, 3.05) is 0 Å². The lowest BCUT2D eigenvalue weighted by Gasteiger charge is -2.12. The fourth-order valence-electron chi connectivity index (χ4n) is 3.22. The summed E-state index contributed by atoms with van der Waals surface area (Å²) in [6, 6.07) is 18.8. The standard InChI is InChI=1S/C24H15BrI2N4O2/c1-14-30-22-7-6-18(25)10-19(22)24(32)31(14)29-12-15-8-20(26)23(21(27)9-15)33-13-17-5-3-2-4-16(17)11-28/h2-10,12H,13H2,1H3. The molecule has 0 unspecified atom stereocenters. The number of hydrogen-bond acceptors (Lipinski definition) is 5. The molecule has 1 heterocycles. The van der Waals surface area contributed by atoms with Gasteiger partial charge in [-0.05, 0) is 94.1 Å². The number of nitriles is 1. The van der Waals surface area contributed by atoms with Crippen LogP contribution in [0.4, 0.5) is 0 Å². The number of fused-ring (bicyclic) bond motifs is 1. The summed E-state index contributed by atoms with van der Waals surface area (Å²) in [4.78, 5) is 17.4. The van der Waals surface area contributed by atoms with Gasteiger partial charge in [0.15, 0.2) is 0 Å². The molecule has 0 bridgehead atoms. The van der Waals surface area contributed by atoms with Crippen LogP contribution >= 0.6 is 61.1 Å². The zero-order valence-electron chi connectivity index (χ0n) is 17.2. The van der Waals surface area contributed by atoms with E-state index in [1.54, 1.807) is 31.3 Å². The number of rotatable bonds is 5. The van der Waals surface area contributed by atoms with E-state index >= 15 is 0 Å². The van der Waals surface area contributed by atoms with Gasteiger partial charge in [0.1, 0.15) is 18.2 Å². The van der Waals surface area contributed by atoms with Gasteiger partial charge in [0.2, 0.25) is 0 Å². The van der Waals surface area contributed by atoms with Crippen molar-refractivity contribution in [2.24, 2.45) is 5.10 Å². The van der Waals surface area contributed by atoms with Crippen molar-refractivity contribution in [3.8, 4) is 11.8 Å². The van der Waals surface area contributed by atoms with Crippen LogP contribution in [0.5, 0.6) is 5.75 Å². The van der Waals surface area contributed by atoms with Crippen LogP contribution in [0, 0.1) is 25.4 Å². The molecule has 4 aromatic rings. The Bertz CT molecular complexity index is 1490. The smallest absolute Gasteiger partial charge is 0.282 e. The highest BCUT2D eigenvalue weighted by molar-refractivity contribution is 14.1. The van der Waals surface area contributed by atoms with E-state index in [1.165, 1.54) is 4.68 Å². The highest BCUT2D eigenvalue weighted by Gasteiger charge is 2.11. The first-order chi connectivity index (χ1) is 15.9. The molecular weight excluding hydrogens is 710 g/mol. The highest BCUT2D eigenvalue weighted by Crippen LogP contribution is 2.29. The third-order valence-electron chi connectivity index (χ3n) is 4.82. The molecule has 0 aliphatic carbocycles. The van der Waals surface area contributed by atoms with E-state index in [-0.39, 0.29) is 5.56 Å². The maximum atomic E-state index is 12.9. The van der Waals surface area contributed by atoms with Crippen LogP contribution in [0.1, 0.15) is 22.5 Å². The van der Waals surface area contributed by atoms with Crippen LogP contribution in [0.15, 0.2) is 69.0 Å². The predicted octanol–water partition coefficient (Wildman–Crippen LogP) is 6.01. The summed E-state index contributed by atoms with van der Waals surface area (Å²) in [5.74, 6) is 1.25. The Morgan fingerprint density at radius 2 is 1.91 bits per heavy atom. The van der Waals surface area contributed by atoms with Crippen LogP contribution in [0.3, 0.4) is 0 Å². The number of halogens is 3. The van der Waals surface area contributed by atoms with Gasteiger partial charge in [-0.3, -0.25) is 4.79 Å². The number of aryl methyl sites for hydroxylation is 1. The van der Waals surface area contributed by atoms with Crippen LogP contribution in [0.25, 0.3) is 10.9 Å². The molecule has 0 atom stereocenters. The molecule has 0 amide bonds. The van der Waals surface area contributed by atoms with Gasteiger partial charge in [-0.25, -0.2) is 4.98 Å². The molecule has 0 aliphatic rings. The number of aromatic nitrogens is 2. The topological polar surface area (TPSA) is 80.3 Å². The molecule has 33 heavy (non-hydrogen) atoms. The first-order valence-electron chi connectivity index (χ1n) is 9.70. The second-order valence-corrected chi connectivity index (χ2v) is 10.3. The molecule has 164 valence electrons. The van der Waals surface area contributed by atoms with Crippen LogP contribution in [0.2, 0.25) is 0 Å². The van der Waals surface area contributed by atoms with Gasteiger partial charge in [0.05, 0.1) is 35.9 Å². The van der Waals surface area contributed by atoms with E-state index in [0.717, 1.165) is 28.5 Å². The maximum Gasteiger partial charge on any atom is 0.282 e. The van der Waals surface area contributed by atoms with Crippen molar-refractivity contribution in [3.63, 3.8) is 0 Å². The van der Waals surface area contributed by atoms with Gasteiger partial charge >= 0.3 is 0 Å². The molecule has 3 aromatic carbocycles. The lowest BCUT2D eigenvalue weighted by atomic mass is 10.1. The minimum Gasteiger partial charge on any atom is -0.487 e. The minimum atomic E-state index is -0.226. The monoisotopic (exact) mass is 724 g/mol. The molecule has 0 saturated carbocycles. The Morgan fingerprint density at radius 3 is 2.64 bits per heavy atom. The third-order valence-corrected chi connectivity index (χ3v) is 6.92. The fraction of sp³-hybridized carbons (Fsp3) is 0.0833. The molecule has 0 spiro atoms.